The van der Waals surface area contributed by atoms with Crippen molar-refractivity contribution in [3.63, 3.8) is 0 Å². The third kappa shape index (κ3) is 1.50. The number of aryl methyl sites for hydroxylation is 1. The molecule has 2 aromatic rings. The highest BCUT2D eigenvalue weighted by Crippen LogP contribution is 2.30. The Kier molecular flexibility index (Phi) is 2.46. The van der Waals surface area contributed by atoms with Crippen molar-refractivity contribution in [1.82, 2.24) is 0 Å². The summed E-state index contributed by atoms with van der Waals surface area (Å²) in [6.45, 7) is 2.08. The Morgan fingerprint density at radius 3 is 2.71 bits per heavy atom. The molecular formula is C12H11BrO. The van der Waals surface area contributed by atoms with Gasteiger partial charge >= 0.3 is 0 Å². The molecule has 0 spiro atoms. The van der Waals surface area contributed by atoms with Gasteiger partial charge in [-0.15, -0.1) is 0 Å². The molecule has 0 aliphatic carbocycles. The predicted molar refractivity (Wildman–Crippen MR) is 62.9 cm³/mol. The fraction of sp³-hybridized carbons (Fsp3) is 0.167. The quantitative estimate of drug-likeness (QED) is 0.746. The van der Waals surface area contributed by atoms with Crippen molar-refractivity contribution < 1.29 is 4.74 Å². The lowest BCUT2D eigenvalue weighted by molar-refractivity contribution is 0.420. The summed E-state index contributed by atoms with van der Waals surface area (Å²) in [6, 6.07) is 10.3. The summed E-state index contributed by atoms with van der Waals surface area (Å²) in [5.41, 5.74) is 1.22. The topological polar surface area (TPSA) is 9.23 Å². The van der Waals surface area contributed by atoms with Gasteiger partial charge in [0.15, 0.2) is 0 Å². The Balaban J connectivity index is 2.81. The molecule has 0 radical (unpaired) electrons. The lowest BCUT2D eigenvalue weighted by atomic mass is 10.1. The molecule has 0 fully saturated rings. The number of halogens is 1. The van der Waals surface area contributed by atoms with Gasteiger partial charge in [0.05, 0.1) is 7.11 Å². The van der Waals surface area contributed by atoms with Crippen LogP contribution in [-0.4, -0.2) is 7.11 Å². The monoisotopic (exact) mass is 250 g/mol. The zero-order chi connectivity index (χ0) is 10.1. The molecule has 2 aromatic carbocycles. The van der Waals surface area contributed by atoms with Crippen LogP contribution in [0.1, 0.15) is 5.56 Å². The third-order valence-corrected chi connectivity index (χ3v) is 3.19. The van der Waals surface area contributed by atoms with E-state index in [0.717, 1.165) is 15.6 Å². The van der Waals surface area contributed by atoms with E-state index in [0.29, 0.717) is 0 Å². The number of hydrogen-bond acceptors (Lipinski definition) is 1. The molecule has 0 aromatic heterocycles. The second-order valence-electron chi connectivity index (χ2n) is 3.28. The minimum Gasteiger partial charge on any atom is -0.496 e. The van der Waals surface area contributed by atoms with E-state index in [-0.39, 0.29) is 0 Å². The normalized spacial score (nSPS) is 10.5. The van der Waals surface area contributed by atoms with Crippen molar-refractivity contribution in [2.24, 2.45) is 0 Å². The van der Waals surface area contributed by atoms with Gasteiger partial charge in [-0.3, -0.25) is 0 Å². The molecule has 0 aliphatic heterocycles. The van der Waals surface area contributed by atoms with Gasteiger partial charge in [-0.2, -0.15) is 0 Å². The molecule has 1 nitrogen and oxygen atoms in total. The summed E-state index contributed by atoms with van der Waals surface area (Å²) in [5.74, 6) is 0.929. The lowest BCUT2D eigenvalue weighted by Gasteiger charge is -2.07. The second-order valence-corrected chi connectivity index (χ2v) is 4.14. The summed E-state index contributed by atoms with van der Waals surface area (Å²) in [7, 11) is 1.70. The van der Waals surface area contributed by atoms with Crippen LogP contribution in [0, 0.1) is 6.92 Å². The minimum absolute atomic E-state index is 0.929. The summed E-state index contributed by atoms with van der Waals surface area (Å²) < 4.78 is 6.44. The van der Waals surface area contributed by atoms with E-state index in [9.17, 15) is 0 Å². The molecule has 0 amide bonds. The molecule has 0 heterocycles. The van der Waals surface area contributed by atoms with Gasteiger partial charge < -0.3 is 4.74 Å². The Morgan fingerprint density at radius 1 is 1.21 bits per heavy atom. The molecule has 0 saturated heterocycles. The molecule has 0 unspecified atom stereocenters. The predicted octanol–water partition coefficient (Wildman–Crippen LogP) is 3.92. The highest BCUT2D eigenvalue weighted by molar-refractivity contribution is 9.10. The van der Waals surface area contributed by atoms with E-state index < -0.39 is 0 Å². The lowest BCUT2D eigenvalue weighted by Crippen LogP contribution is -1.85. The number of benzene rings is 2. The van der Waals surface area contributed by atoms with Crippen molar-refractivity contribution in [2.75, 3.05) is 7.11 Å². The molecule has 0 atom stereocenters. The van der Waals surface area contributed by atoms with Crippen LogP contribution in [0.3, 0.4) is 0 Å². The Labute approximate surface area is 91.8 Å². The van der Waals surface area contributed by atoms with Gasteiger partial charge in [-0.1, -0.05) is 28.1 Å². The van der Waals surface area contributed by atoms with Gasteiger partial charge in [0.25, 0.3) is 0 Å². The van der Waals surface area contributed by atoms with E-state index >= 15 is 0 Å². The van der Waals surface area contributed by atoms with Crippen LogP contribution in [-0.2, 0) is 0 Å². The first-order chi connectivity index (χ1) is 6.72. The molecule has 72 valence electrons. The number of rotatable bonds is 1. The molecular weight excluding hydrogens is 240 g/mol. The molecule has 14 heavy (non-hydrogen) atoms. The fourth-order valence-corrected chi connectivity index (χ4v) is 1.92. The maximum Gasteiger partial charge on any atom is 0.126 e. The molecule has 0 bridgehead atoms. The van der Waals surface area contributed by atoms with Crippen LogP contribution in [0.5, 0.6) is 5.75 Å². The first-order valence-electron chi connectivity index (χ1n) is 4.45. The molecule has 0 aliphatic rings. The summed E-state index contributed by atoms with van der Waals surface area (Å²) in [6.07, 6.45) is 0. The second kappa shape index (κ2) is 3.62. The van der Waals surface area contributed by atoms with Gasteiger partial charge in [-0.05, 0) is 36.1 Å². The highest BCUT2D eigenvalue weighted by atomic mass is 79.9. The SMILES string of the molecule is COc1cccc2cc(Br)c(C)cc12. The zero-order valence-corrected chi connectivity index (χ0v) is 9.76. The van der Waals surface area contributed by atoms with E-state index in [2.05, 4.69) is 41.1 Å². The summed E-state index contributed by atoms with van der Waals surface area (Å²) >= 11 is 3.52. The molecule has 2 rings (SSSR count). The highest BCUT2D eigenvalue weighted by Gasteiger charge is 2.03. The van der Waals surface area contributed by atoms with E-state index in [1.165, 1.54) is 10.9 Å². The summed E-state index contributed by atoms with van der Waals surface area (Å²) in [4.78, 5) is 0. The molecule has 2 heteroatoms. The zero-order valence-electron chi connectivity index (χ0n) is 8.17. The van der Waals surface area contributed by atoms with Crippen LogP contribution >= 0.6 is 15.9 Å². The van der Waals surface area contributed by atoms with Crippen LogP contribution in [0.2, 0.25) is 0 Å². The van der Waals surface area contributed by atoms with Crippen LogP contribution in [0.15, 0.2) is 34.8 Å². The van der Waals surface area contributed by atoms with Gasteiger partial charge in [-0.25, -0.2) is 0 Å². The molecule has 0 saturated carbocycles. The average molecular weight is 251 g/mol. The Bertz CT molecular complexity index is 477. The Hall–Kier alpha value is -1.02. The standard InChI is InChI=1S/C12H11BrO/c1-8-6-10-9(7-11(8)13)4-3-5-12(10)14-2/h3-7H,1-2H3. The van der Waals surface area contributed by atoms with Crippen molar-refractivity contribution >= 4 is 26.7 Å². The van der Waals surface area contributed by atoms with E-state index in [4.69, 9.17) is 4.74 Å². The minimum atomic E-state index is 0.929. The largest absolute Gasteiger partial charge is 0.496 e. The maximum absolute atomic E-state index is 5.31. The average Bonchev–Trinajstić information content (AvgIpc) is 2.19. The molecule has 0 N–H and O–H groups in total. The van der Waals surface area contributed by atoms with Crippen molar-refractivity contribution in [2.45, 2.75) is 6.92 Å². The van der Waals surface area contributed by atoms with E-state index in [1.807, 2.05) is 12.1 Å². The number of ether oxygens (including phenoxy) is 1. The van der Waals surface area contributed by atoms with E-state index in [1.54, 1.807) is 7.11 Å². The van der Waals surface area contributed by atoms with Crippen molar-refractivity contribution in [3.05, 3.63) is 40.4 Å². The van der Waals surface area contributed by atoms with Crippen molar-refractivity contribution in [3.8, 4) is 5.75 Å². The number of methoxy groups -OCH3 is 1. The Morgan fingerprint density at radius 2 is 2.00 bits per heavy atom. The fourth-order valence-electron chi connectivity index (χ4n) is 1.56. The van der Waals surface area contributed by atoms with Gasteiger partial charge in [0.2, 0.25) is 0 Å². The number of hydrogen-bond donors (Lipinski definition) is 0. The van der Waals surface area contributed by atoms with Crippen LogP contribution < -0.4 is 4.74 Å². The van der Waals surface area contributed by atoms with Crippen molar-refractivity contribution in [1.29, 1.82) is 0 Å². The third-order valence-electron chi connectivity index (χ3n) is 2.34. The first-order valence-corrected chi connectivity index (χ1v) is 5.24. The van der Waals surface area contributed by atoms with Crippen LogP contribution in [0.4, 0.5) is 0 Å². The number of fused-ring (bicyclic) bond motifs is 1. The van der Waals surface area contributed by atoms with Crippen LogP contribution in [0.25, 0.3) is 10.8 Å². The summed E-state index contributed by atoms with van der Waals surface area (Å²) in [5, 5.41) is 2.36. The maximum atomic E-state index is 5.31. The van der Waals surface area contributed by atoms with Gasteiger partial charge in [0.1, 0.15) is 5.75 Å². The van der Waals surface area contributed by atoms with Gasteiger partial charge in [0, 0.05) is 9.86 Å². The smallest absolute Gasteiger partial charge is 0.126 e. The first kappa shape index (κ1) is 9.53.